The maximum atomic E-state index is 12.4. The van der Waals surface area contributed by atoms with Crippen molar-refractivity contribution >= 4 is 23.6 Å². The van der Waals surface area contributed by atoms with Crippen molar-refractivity contribution in [2.45, 2.75) is 32.9 Å². The van der Waals surface area contributed by atoms with Gasteiger partial charge >= 0.3 is 12.0 Å². The van der Waals surface area contributed by atoms with Crippen LogP contribution in [0.4, 0.5) is 10.5 Å². The normalized spacial score (nSPS) is 12.6. The molecule has 0 unspecified atom stereocenters. The predicted octanol–water partition coefficient (Wildman–Crippen LogP) is 3.25. The third kappa shape index (κ3) is 7.29. The number of benzene rings is 2. The number of ether oxygens (including phenoxy) is 1. The molecule has 0 aliphatic carbocycles. The second-order valence-corrected chi connectivity index (χ2v) is 6.99. The number of urea groups is 1. The van der Waals surface area contributed by atoms with Crippen molar-refractivity contribution in [2.75, 3.05) is 11.9 Å². The minimum absolute atomic E-state index is 0.210. The minimum Gasteiger partial charge on any atom is -0.454 e. The first-order valence-corrected chi connectivity index (χ1v) is 9.50. The van der Waals surface area contributed by atoms with Crippen LogP contribution in [0.15, 0.2) is 60.7 Å². The number of carbonyl (C=O) groups excluding carboxylic acids is 3. The van der Waals surface area contributed by atoms with Gasteiger partial charge in [0.25, 0.3) is 5.91 Å². The first-order valence-electron chi connectivity index (χ1n) is 9.50. The Morgan fingerprint density at radius 3 is 2.03 bits per heavy atom. The van der Waals surface area contributed by atoms with E-state index < -0.39 is 30.6 Å². The van der Waals surface area contributed by atoms with Gasteiger partial charge in [-0.1, -0.05) is 62.4 Å². The number of amides is 3. The second-order valence-electron chi connectivity index (χ2n) is 6.99. The quantitative estimate of drug-likeness (QED) is 0.596. The number of carbonyl (C=O) groups is 3. The molecule has 7 nitrogen and oxygen atoms in total. The van der Waals surface area contributed by atoms with Crippen LogP contribution in [0.1, 0.15) is 32.4 Å². The van der Waals surface area contributed by atoms with Crippen LogP contribution in [0.2, 0.25) is 0 Å². The lowest BCUT2D eigenvalue weighted by Gasteiger charge is -2.21. The molecule has 2 rings (SSSR count). The summed E-state index contributed by atoms with van der Waals surface area (Å²) in [7, 11) is 0. The Morgan fingerprint density at radius 1 is 0.862 bits per heavy atom. The smallest absolute Gasteiger partial charge is 0.329 e. The van der Waals surface area contributed by atoms with Gasteiger partial charge in [-0.2, -0.15) is 0 Å². The molecule has 7 heteroatoms. The van der Waals surface area contributed by atoms with Crippen molar-refractivity contribution < 1.29 is 19.1 Å². The van der Waals surface area contributed by atoms with Gasteiger partial charge < -0.3 is 20.7 Å². The summed E-state index contributed by atoms with van der Waals surface area (Å²) in [5.74, 6) is -1.29. The zero-order valence-corrected chi connectivity index (χ0v) is 16.8. The Kier molecular flexibility index (Phi) is 8.21. The topological polar surface area (TPSA) is 96.5 Å². The van der Waals surface area contributed by atoms with E-state index in [1.807, 2.05) is 43.3 Å². The number of hydrogen-bond donors (Lipinski definition) is 3. The Balaban J connectivity index is 1.84. The molecule has 3 N–H and O–H groups in total. The van der Waals surface area contributed by atoms with Crippen LogP contribution in [0, 0.1) is 5.92 Å². The van der Waals surface area contributed by atoms with E-state index in [-0.39, 0.29) is 12.0 Å². The van der Waals surface area contributed by atoms with Crippen LogP contribution in [-0.4, -0.2) is 30.6 Å². The van der Waals surface area contributed by atoms with Gasteiger partial charge in [-0.25, -0.2) is 9.59 Å². The summed E-state index contributed by atoms with van der Waals surface area (Å²) in [4.78, 5) is 36.7. The third-order valence-electron chi connectivity index (χ3n) is 4.26. The van der Waals surface area contributed by atoms with E-state index in [9.17, 15) is 14.4 Å². The van der Waals surface area contributed by atoms with E-state index in [4.69, 9.17) is 4.74 Å². The minimum atomic E-state index is -0.877. The molecule has 2 aromatic carbocycles. The van der Waals surface area contributed by atoms with E-state index >= 15 is 0 Å². The molecule has 29 heavy (non-hydrogen) atoms. The fraction of sp³-hybridized carbons (Fsp3) is 0.318. The Labute approximate surface area is 170 Å². The molecule has 0 fully saturated rings. The molecule has 0 bridgehead atoms. The molecule has 0 aromatic heterocycles. The molecule has 0 aliphatic heterocycles. The van der Waals surface area contributed by atoms with Gasteiger partial charge in [0, 0.05) is 5.69 Å². The van der Waals surface area contributed by atoms with Crippen molar-refractivity contribution in [3.05, 3.63) is 66.2 Å². The van der Waals surface area contributed by atoms with Crippen LogP contribution < -0.4 is 16.0 Å². The fourth-order valence-electron chi connectivity index (χ4n) is 2.66. The first-order chi connectivity index (χ1) is 13.9. The maximum absolute atomic E-state index is 12.4. The van der Waals surface area contributed by atoms with E-state index in [0.29, 0.717) is 5.69 Å². The highest BCUT2D eigenvalue weighted by molar-refractivity contribution is 5.93. The lowest BCUT2D eigenvalue weighted by molar-refractivity contribution is -0.151. The molecule has 0 radical (unpaired) electrons. The van der Waals surface area contributed by atoms with E-state index in [1.165, 1.54) is 0 Å². The van der Waals surface area contributed by atoms with Gasteiger partial charge in [0.05, 0.1) is 6.04 Å². The molecule has 2 aromatic rings. The molecular weight excluding hydrogens is 370 g/mol. The molecule has 0 saturated heterocycles. The molecule has 0 saturated carbocycles. The fourth-order valence-corrected chi connectivity index (χ4v) is 2.66. The Hall–Kier alpha value is -3.35. The highest BCUT2D eigenvalue weighted by atomic mass is 16.5. The highest BCUT2D eigenvalue weighted by Gasteiger charge is 2.26. The summed E-state index contributed by atoms with van der Waals surface area (Å²) in [6.07, 6.45) is 0. The number of rotatable bonds is 8. The number of para-hydroxylation sites is 1. The number of hydrogen-bond acceptors (Lipinski definition) is 4. The Bertz CT molecular complexity index is 809. The highest BCUT2D eigenvalue weighted by Crippen LogP contribution is 2.11. The van der Waals surface area contributed by atoms with Crippen molar-refractivity contribution in [1.29, 1.82) is 0 Å². The molecule has 0 spiro atoms. The summed E-state index contributed by atoms with van der Waals surface area (Å²) in [6, 6.07) is 16.8. The van der Waals surface area contributed by atoms with Crippen molar-refractivity contribution in [3.63, 3.8) is 0 Å². The van der Waals surface area contributed by atoms with Crippen LogP contribution in [0.3, 0.4) is 0 Å². The van der Waals surface area contributed by atoms with Gasteiger partial charge in [-0.3, -0.25) is 4.79 Å². The summed E-state index contributed by atoms with van der Waals surface area (Å²) < 4.78 is 5.12. The third-order valence-corrected chi connectivity index (χ3v) is 4.26. The van der Waals surface area contributed by atoms with Gasteiger partial charge in [-0.05, 0) is 30.5 Å². The largest absolute Gasteiger partial charge is 0.454 e. The van der Waals surface area contributed by atoms with Crippen LogP contribution in [0.25, 0.3) is 0 Å². The van der Waals surface area contributed by atoms with Crippen molar-refractivity contribution in [3.8, 4) is 0 Å². The lowest BCUT2D eigenvalue weighted by Crippen LogP contribution is -2.47. The standard InChI is InChI=1S/C22H27N3O4/c1-15(2)20(25-22(28)24-18-12-8-5-9-13-18)21(27)29-14-19(26)23-16(3)17-10-6-4-7-11-17/h4-13,15-16,20H,14H2,1-3H3,(H,23,26)(H2,24,25,28)/t16-,20-/m1/s1. The first kappa shape index (κ1) is 21.9. The molecule has 2 atom stereocenters. The maximum Gasteiger partial charge on any atom is 0.329 e. The summed E-state index contributed by atoms with van der Waals surface area (Å²) in [5.41, 5.74) is 1.56. The monoisotopic (exact) mass is 397 g/mol. The zero-order chi connectivity index (χ0) is 21.2. The van der Waals surface area contributed by atoms with E-state index in [2.05, 4.69) is 16.0 Å². The van der Waals surface area contributed by atoms with Crippen LogP contribution in [-0.2, 0) is 14.3 Å². The molecular formula is C22H27N3O4. The van der Waals surface area contributed by atoms with Crippen molar-refractivity contribution in [1.82, 2.24) is 10.6 Å². The zero-order valence-electron chi connectivity index (χ0n) is 16.8. The SMILES string of the molecule is CC(C)[C@@H](NC(=O)Nc1ccccc1)C(=O)OCC(=O)N[C@H](C)c1ccccc1. The summed E-state index contributed by atoms with van der Waals surface area (Å²) in [6.45, 7) is 5.00. The van der Waals surface area contributed by atoms with Gasteiger partial charge in [0.15, 0.2) is 6.61 Å². The molecule has 0 heterocycles. The summed E-state index contributed by atoms with van der Waals surface area (Å²) in [5, 5.41) is 8.03. The van der Waals surface area contributed by atoms with Gasteiger partial charge in [0.1, 0.15) is 6.04 Å². The molecule has 3 amide bonds. The average Bonchev–Trinajstić information content (AvgIpc) is 2.71. The molecule has 154 valence electrons. The van der Waals surface area contributed by atoms with Crippen LogP contribution >= 0.6 is 0 Å². The molecule has 0 aliphatic rings. The average molecular weight is 397 g/mol. The predicted molar refractivity (Wildman–Crippen MR) is 111 cm³/mol. The Morgan fingerprint density at radius 2 is 1.45 bits per heavy atom. The number of nitrogens with one attached hydrogen (secondary N) is 3. The van der Waals surface area contributed by atoms with Crippen LogP contribution in [0.5, 0.6) is 0 Å². The lowest BCUT2D eigenvalue weighted by atomic mass is 10.1. The van der Waals surface area contributed by atoms with E-state index in [1.54, 1.807) is 38.1 Å². The van der Waals surface area contributed by atoms with E-state index in [0.717, 1.165) is 5.56 Å². The second kappa shape index (κ2) is 10.8. The number of anilines is 1. The number of esters is 1. The summed E-state index contributed by atoms with van der Waals surface area (Å²) >= 11 is 0. The van der Waals surface area contributed by atoms with Gasteiger partial charge in [-0.15, -0.1) is 0 Å². The van der Waals surface area contributed by atoms with Gasteiger partial charge in [0.2, 0.25) is 0 Å². The van der Waals surface area contributed by atoms with Crippen molar-refractivity contribution in [2.24, 2.45) is 5.92 Å².